The van der Waals surface area contributed by atoms with Gasteiger partial charge in [0.2, 0.25) is 0 Å². The summed E-state index contributed by atoms with van der Waals surface area (Å²) in [6, 6.07) is 59.1. The lowest BCUT2D eigenvalue weighted by Crippen LogP contribution is -1.98. The Balaban J connectivity index is 1.15. The molecule has 2 nitrogen and oxygen atoms in total. The molecule has 9 aromatic rings. The van der Waals surface area contributed by atoms with Crippen LogP contribution in [-0.4, -0.2) is 4.57 Å². The van der Waals surface area contributed by atoms with E-state index >= 15 is 0 Å². The standard InChI is InChI=1S/C44H27NO/c1-2-11-31-27-41-37(25-30(31)10-1)35-17-4-6-20-40(35)45(41)39-19-5-3-16-34(39)33-15-7-14-29(24-33)32-22-23-42-38(26-32)36-18-8-12-28-13-9-21-43(46-42)44(28)36/h1-27H. The fourth-order valence-electron chi connectivity index (χ4n) is 7.44. The van der Waals surface area contributed by atoms with Crippen LogP contribution in [0.4, 0.5) is 0 Å². The molecule has 2 heteroatoms. The van der Waals surface area contributed by atoms with Crippen molar-refractivity contribution in [2.24, 2.45) is 0 Å². The molecule has 0 fully saturated rings. The molecule has 214 valence electrons. The smallest absolute Gasteiger partial charge is 0.135 e. The highest BCUT2D eigenvalue weighted by Gasteiger charge is 2.21. The molecule has 0 radical (unpaired) electrons. The number of nitrogens with zero attached hydrogens (tertiary/aromatic N) is 1. The molecule has 0 bridgehead atoms. The monoisotopic (exact) mass is 585 g/mol. The maximum Gasteiger partial charge on any atom is 0.135 e. The number of benzene rings is 8. The molecule has 0 amide bonds. The van der Waals surface area contributed by atoms with Gasteiger partial charge in [0.15, 0.2) is 0 Å². The molecular weight excluding hydrogens is 558 g/mol. The molecule has 0 saturated carbocycles. The van der Waals surface area contributed by atoms with Crippen molar-refractivity contribution in [2.45, 2.75) is 0 Å². The Morgan fingerprint density at radius 1 is 0.370 bits per heavy atom. The van der Waals surface area contributed by atoms with Gasteiger partial charge in [-0.15, -0.1) is 0 Å². The number of hydrogen-bond donors (Lipinski definition) is 0. The first-order valence-electron chi connectivity index (χ1n) is 15.8. The highest BCUT2D eigenvalue weighted by atomic mass is 16.5. The summed E-state index contributed by atoms with van der Waals surface area (Å²) in [6.07, 6.45) is 0. The maximum atomic E-state index is 6.38. The SMILES string of the molecule is c1cc(-c2ccc3c(c2)-c2cccc4cccc(c24)O3)cc(-c2ccccc2-n2c3ccccc3c3cc4ccccc4cc32)c1. The predicted molar refractivity (Wildman–Crippen MR) is 192 cm³/mol. The van der Waals surface area contributed by atoms with E-state index in [1.807, 2.05) is 0 Å². The highest BCUT2D eigenvalue weighted by Crippen LogP contribution is 2.47. The Bertz CT molecular complexity index is 2670. The molecule has 1 aliphatic heterocycles. The van der Waals surface area contributed by atoms with Crippen LogP contribution < -0.4 is 4.74 Å². The number of aromatic nitrogens is 1. The summed E-state index contributed by atoms with van der Waals surface area (Å²) >= 11 is 0. The number of rotatable bonds is 3. The van der Waals surface area contributed by atoms with Crippen molar-refractivity contribution in [3.05, 3.63) is 164 Å². The van der Waals surface area contributed by atoms with Crippen LogP contribution >= 0.6 is 0 Å². The second-order valence-electron chi connectivity index (χ2n) is 12.1. The van der Waals surface area contributed by atoms with Crippen LogP contribution in [0.5, 0.6) is 11.5 Å². The fraction of sp³-hybridized carbons (Fsp3) is 0. The summed E-state index contributed by atoms with van der Waals surface area (Å²) in [5.74, 6) is 1.82. The number of ether oxygens (including phenoxy) is 1. The average Bonchev–Trinajstić information content (AvgIpc) is 3.44. The lowest BCUT2D eigenvalue weighted by Gasteiger charge is -2.22. The summed E-state index contributed by atoms with van der Waals surface area (Å²) in [7, 11) is 0. The summed E-state index contributed by atoms with van der Waals surface area (Å²) in [5, 5.41) is 7.41. The Kier molecular flexibility index (Phi) is 5.31. The molecule has 0 N–H and O–H groups in total. The van der Waals surface area contributed by atoms with Gasteiger partial charge in [0.1, 0.15) is 11.5 Å². The Morgan fingerprint density at radius 3 is 2.00 bits per heavy atom. The van der Waals surface area contributed by atoms with Crippen molar-refractivity contribution < 1.29 is 4.74 Å². The first-order chi connectivity index (χ1) is 22.8. The van der Waals surface area contributed by atoms with E-state index in [4.69, 9.17) is 4.74 Å². The third-order valence-electron chi connectivity index (χ3n) is 9.55. The van der Waals surface area contributed by atoms with Gasteiger partial charge in [-0.2, -0.15) is 0 Å². The fourth-order valence-corrected chi connectivity index (χ4v) is 7.44. The minimum absolute atomic E-state index is 0.898. The molecular formula is C44H27NO. The van der Waals surface area contributed by atoms with E-state index < -0.39 is 0 Å². The molecule has 8 aromatic carbocycles. The van der Waals surface area contributed by atoms with E-state index in [1.54, 1.807) is 0 Å². The minimum Gasteiger partial charge on any atom is -0.456 e. The normalized spacial score (nSPS) is 12.1. The summed E-state index contributed by atoms with van der Waals surface area (Å²) in [4.78, 5) is 0. The number of para-hydroxylation sites is 2. The van der Waals surface area contributed by atoms with Gasteiger partial charge in [-0.05, 0) is 86.9 Å². The van der Waals surface area contributed by atoms with Crippen LogP contribution in [0, 0.1) is 0 Å². The van der Waals surface area contributed by atoms with Crippen molar-refractivity contribution in [2.75, 3.05) is 0 Å². The van der Waals surface area contributed by atoms with Gasteiger partial charge in [-0.3, -0.25) is 0 Å². The number of fused-ring (bicyclic) bond motifs is 6. The zero-order valence-electron chi connectivity index (χ0n) is 24.9. The molecule has 2 heterocycles. The minimum atomic E-state index is 0.898. The quantitative estimate of drug-likeness (QED) is 0.201. The van der Waals surface area contributed by atoms with Crippen molar-refractivity contribution in [3.8, 4) is 50.6 Å². The summed E-state index contributed by atoms with van der Waals surface area (Å²) < 4.78 is 8.82. The molecule has 0 spiro atoms. The molecule has 0 aliphatic carbocycles. The zero-order chi connectivity index (χ0) is 30.2. The van der Waals surface area contributed by atoms with Gasteiger partial charge in [-0.1, -0.05) is 115 Å². The van der Waals surface area contributed by atoms with Crippen LogP contribution in [-0.2, 0) is 0 Å². The van der Waals surface area contributed by atoms with Gasteiger partial charge in [0, 0.05) is 27.3 Å². The van der Waals surface area contributed by atoms with Gasteiger partial charge < -0.3 is 9.30 Å². The second kappa shape index (κ2) is 9.69. The first-order valence-corrected chi connectivity index (χ1v) is 15.8. The van der Waals surface area contributed by atoms with E-state index in [-0.39, 0.29) is 0 Å². The van der Waals surface area contributed by atoms with E-state index in [9.17, 15) is 0 Å². The van der Waals surface area contributed by atoms with Gasteiger partial charge >= 0.3 is 0 Å². The van der Waals surface area contributed by atoms with Crippen molar-refractivity contribution in [1.29, 1.82) is 0 Å². The van der Waals surface area contributed by atoms with Crippen molar-refractivity contribution in [3.63, 3.8) is 0 Å². The van der Waals surface area contributed by atoms with Gasteiger partial charge in [0.25, 0.3) is 0 Å². The molecule has 1 aliphatic rings. The molecule has 1 aromatic heterocycles. The molecule has 0 atom stereocenters. The zero-order valence-corrected chi connectivity index (χ0v) is 24.9. The Morgan fingerprint density at radius 2 is 1.07 bits per heavy atom. The molecule has 0 saturated heterocycles. The van der Waals surface area contributed by atoms with E-state index in [2.05, 4.69) is 168 Å². The highest BCUT2D eigenvalue weighted by molar-refractivity contribution is 6.14. The predicted octanol–water partition coefficient (Wildman–Crippen LogP) is 12.2. The van der Waals surface area contributed by atoms with E-state index in [1.165, 1.54) is 76.9 Å². The topological polar surface area (TPSA) is 14.2 Å². The summed E-state index contributed by atoms with van der Waals surface area (Å²) in [5.41, 5.74) is 10.7. The van der Waals surface area contributed by atoms with Crippen LogP contribution in [0.15, 0.2) is 164 Å². The Hall–Kier alpha value is -6.12. The average molecular weight is 586 g/mol. The summed E-state index contributed by atoms with van der Waals surface area (Å²) in [6.45, 7) is 0. The largest absolute Gasteiger partial charge is 0.456 e. The second-order valence-corrected chi connectivity index (χ2v) is 12.1. The van der Waals surface area contributed by atoms with Crippen LogP contribution in [0.25, 0.3) is 82.4 Å². The van der Waals surface area contributed by atoms with E-state index in [0.717, 1.165) is 17.1 Å². The van der Waals surface area contributed by atoms with Gasteiger partial charge in [0.05, 0.1) is 16.7 Å². The third kappa shape index (κ3) is 3.71. The molecule has 46 heavy (non-hydrogen) atoms. The van der Waals surface area contributed by atoms with Crippen LogP contribution in [0.1, 0.15) is 0 Å². The molecule has 10 rings (SSSR count). The van der Waals surface area contributed by atoms with Gasteiger partial charge in [-0.25, -0.2) is 0 Å². The van der Waals surface area contributed by atoms with E-state index in [0.29, 0.717) is 0 Å². The lowest BCUT2D eigenvalue weighted by atomic mass is 9.91. The maximum absolute atomic E-state index is 6.38. The first kappa shape index (κ1) is 25.2. The lowest BCUT2D eigenvalue weighted by molar-refractivity contribution is 0.487. The van der Waals surface area contributed by atoms with Crippen molar-refractivity contribution >= 4 is 43.4 Å². The van der Waals surface area contributed by atoms with Crippen molar-refractivity contribution in [1.82, 2.24) is 4.57 Å². The molecule has 0 unspecified atom stereocenters. The third-order valence-corrected chi connectivity index (χ3v) is 9.55. The Labute approximate surface area is 266 Å². The van der Waals surface area contributed by atoms with Crippen LogP contribution in [0.2, 0.25) is 0 Å². The van der Waals surface area contributed by atoms with Crippen LogP contribution in [0.3, 0.4) is 0 Å². The number of hydrogen-bond acceptors (Lipinski definition) is 1.